The molecule has 1 atom stereocenters. The van der Waals surface area contributed by atoms with Gasteiger partial charge >= 0.3 is 0 Å². The quantitative estimate of drug-likeness (QED) is 0.767. The molecule has 4 rings (SSSR count). The fourth-order valence-electron chi connectivity index (χ4n) is 4.30. The van der Waals surface area contributed by atoms with Crippen molar-refractivity contribution >= 4 is 17.4 Å². The lowest BCUT2D eigenvalue weighted by Gasteiger charge is -2.32. The lowest BCUT2D eigenvalue weighted by molar-refractivity contribution is 0.0785. The summed E-state index contributed by atoms with van der Waals surface area (Å²) in [5.74, 6) is 2.04. The van der Waals surface area contributed by atoms with Gasteiger partial charge in [0.15, 0.2) is 0 Å². The number of anilines is 1. The molecule has 2 aliphatic heterocycles. The maximum atomic E-state index is 13.4. The third kappa shape index (κ3) is 4.43. The van der Waals surface area contributed by atoms with Gasteiger partial charge in [0.2, 0.25) is 0 Å². The molecule has 2 aromatic rings. The second-order valence-corrected chi connectivity index (χ2v) is 9.43. The van der Waals surface area contributed by atoms with Crippen LogP contribution in [0.5, 0.6) is 11.5 Å². The maximum Gasteiger partial charge on any atom is 0.254 e. The predicted molar refractivity (Wildman–Crippen MR) is 127 cm³/mol. The van der Waals surface area contributed by atoms with Gasteiger partial charge < -0.3 is 19.7 Å². The molecule has 1 spiro atoms. The van der Waals surface area contributed by atoms with Crippen LogP contribution in [0.15, 0.2) is 47.5 Å². The normalized spacial score (nSPS) is 21.8. The smallest absolute Gasteiger partial charge is 0.254 e. The van der Waals surface area contributed by atoms with Crippen molar-refractivity contribution in [2.45, 2.75) is 44.8 Å². The zero-order chi connectivity index (χ0) is 22.9. The molecule has 0 radical (unpaired) electrons. The van der Waals surface area contributed by atoms with E-state index in [0.29, 0.717) is 36.7 Å². The fourth-order valence-corrected chi connectivity index (χ4v) is 4.30. The number of para-hydroxylation sites is 1. The van der Waals surface area contributed by atoms with E-state index >= 15 is 0 Å². The van der Waals surface area contributed by atoms with Crippen molar-refractivity contribution in [2.75, 3.05) is 32.6 Å². The minimum absolute atomic E-state index is 0.0438. The molecule has 1 fully saturated rings. The van der Waals surface area contributed by atoms with E-state index in [9.17, 15) is 4.79 Å². The molecule has 2 aromatic carbocycles. The zero-order valence-corrected chi connectivity index (χ0v) is 19.5. The van der Waals surface area contributed by atoms with Crippen LogP contribution in [0.1, 0.15) is 43.1 Å². The van der Waals surface area contributed by atoms with Crippen molar-refractivity contribution in [1.82, 2.24) is 10.2 Å². The standard InChI is InChI=1S/C25H32N4O3/c1-24(2,3)28-23-25(26-15-17-8-6-7-9-21(17)27-23)10-11-29(16-25)22(30)18-12-19(31-4)14-20(13-18)32-5/h6-9,12-14,26H,10-11,15-16H2,1-5H3,(H,27,28)/t25-/m1/s1. The Morgan fingerprint density at radius 3 is 2.44 bits per heavy atom. The summed E-state index contributed by atoms with van der Waals surface area (Å²) in [5.41, 5.74) is 2.10. The van der Waals surface area contributed by atoms with Crippen LogP contribution < -0.4 is 20.1 Å². The molecular weight excluding hydrogens is 404 g/mol. The molecule has 0 aromatic heterocycles. The molecular formula is C25H32N4O3. The Morgan fingerprint density at radius 1 is 1.09 bits per heavy atom. The van der Waals surface area contributed by atoms with Gasteiger partial charge in [0.1, 0.15) is 17.3 Å². The number of methoxy groups -OCH3 is 2. The van der Waals surface area contributed by atoms with Crippen LogP contribution in [0.2, 0.25) is 0 Å². The maximum absolute atomic E-state index is 13.4. The average molecular weight is 437 g/mol. The van der Waals surface area contributed by atoms with Gasteiger partial charge in [-0.15, -0.1) is 0 Å². The molecule has 7 nitrogen and oxygen atoms in total. The summed E-state index contributed by atoms with van der Waals surface area (Å²) in [5, 5.41) is 7.32. The Morgan fingerprint density at radius 2 is 1.78 bits per heavy atom. The second kappa shape index (κ2) is 8.47. The fraction of sp³-hybridized carbons (Fsp3) is 0.440. The summed E-state index contributed by atoms with van der Waals surface area (Å²) in [6, 6.07) is 13.5. The van der Waals surface area contributed by atoms with E-state index in [0.717, 1.165) is 17.9 Å². The van der Waals surface area contributed by atoms with Gasteiger partial charge in [-0.1, -0.05) is 18.2 Å². The van der Waals surface area contributed by atoms with Gasteiger partial charge in [0.25, 0.3) is 5.91 Å². The highest BCUT2D eigenvalue weighted by molar-refractivity contribution is 6.05. The number of likely N-dealkylation sites (tertiary alicyclic amines) is 1. The number of carbonyl (C=O) groups is 1. The summed E-state index contributed by atoms with van der Waals surface area (Å²) in [7, 11) is 3.17. The number of amides is 1. The topological polar surface area (TPSA) is 75.2 Å². The minimum Gasteiger partial charge on any atom is -0.497 e. The van der Waals surface area contributed by atoms with Crippen molar-refractivity contribution in [3.63, 3.8) is 0 Å². The van der Waals surface area contributed by atoms with E-state index in [1.165, 1.54) is 5.56 Å². The minimum atomic E-state index is -0.440. The van der Waals surface area contributed by atoms with E-state index in [1.807, 2.05) is 17.0 Å². The van der Waals surface area contributed by atoms with Crippen LogP contribution in [0, 0.1) is 0 Å². The van der Waals surface area contributed by atoms with E-state index in [4.69, 9.17) is 14.5 Å². The number of benzene rings is 2. The summed E-state index contributed by atoms with van der Waals surface area (Å²) in [6.45, 7) is 8.14. The van der Waals surface area contributed by atoms with Gasteiger partial charge in [-0.2, -0.15) is 0 Å². The Labute approximate surface area is 189 Å². The SMILES string of the molecule is COc1cc(OC)cc(C(=O)N2CC[C@]3(C2)NCc2ccccc2NC3=NC(C)(C)C)c1. The van der Waals surface area contributed by atoms with E-state index in [2.05, 4.69) is 43.5 Å². The zero-order valence-electron chi connectivity index (χ0n) is 19.5. The van der Waals surface area contributed by atoms with E-state index in [-0.39, 0.29) is 11.4 Å². The largest absolute Gasteiger partial charge is 0.497 e. The molecule has 7 heteroatoms. The van der Waals surface area contributed by atoms with Gasteiger partial charge in [-0.25, -0.2) is 0 Å². The van der Waals surface area contributed by atoms with Crippen molar-refractivity contribution < 1.29 is 14.3 Å². The predicted octanol–water partition coefficient (Wildman–Crippen LogP) is 3.70. The number of hydrogen-bond donors (Lipinski definition) is 2. The van der Waals surface area contributed by atoms with Gasteiger partial charge in [0.05, 0.1) is 25.3 Å². The number of fused-ring (bicyclic) bond motifs is 1. The van der Waals surface area contributed by atoms with Gasteiger partial charge in [-0.05, 0) is 51.0 Å². The third-order valence-electron chi connectivity index (χ3n) is 5.94. The first-order chi connectivity index (χ1) is 15.2. The Balaban J connectivity index is 1.66. The number of carbonyl (C=O) groups excluding carboxylic acids is 1. The molecule has 0 bridgehead atoms. The van der Waals surface area contributed by atoms with Gasteiger partial charge in [-0.3, -0.25) is 15.1 Å². The summed E-state index contributed by atoms with van der Waals surface area (Å²) in [4.78, 5) is 20.4. The molecule has 0 saturated carbocycles. The Kier molecular flexibility index (Phi) is 5.86. The van der Waals surface area contributed by atoms with Crippen LogP contribution in [-0.2, 0) is 6.54 Å². The molecule has 0 aliphatic carbocycles. The van der Waals surface area contributed by atoms with Crippen molar-refractivity contribution in [3.05, 3.63) is 53.6 Å². The van der Waals surface area contributed by atoms with E-state index < -0.39 is 5.54 Å². The first-order valence-electron chi connectivity index (χ1n) is 11.0. The van der Waals surface area contributed by atoms with Crippen molar-refractivity contribution in [1.29, 1.82) is 0 Å². The average Bonchev–Trinajstić information content (AvgIpc) is 3.15. The lowest BCUT2D eigenvalue weighted by Crippen LogP contribution is -2.56. The number of amidine groups is 1. The molecule has 2 heterocycles. The number of rotatable bonds is 3. The molecule has 32 heavy (non-hydrogen) atoms. The van der Waals surface area contributed by atoms with E-state index in [1.54, 1.807) is 32.4 Å². The van der Waals surface area contributed by atoms with Gasteiger partial charge in [0, 0.05) is 37.0 Å². The number of ether oxygens (including phenoxy) is 2. The molecule has 1 saturated heterocycles. The number of hydrogen-bond acceptors (Lipinski definition) is 5. The molecule has 1 amide bonds. The summed E-state index contributed by atoms with van der Waals surface area (Å²) >= 11 is 0. The first-order valence-corrected chi connectivity index (χ1v) is 11.0. The molecule has 2 aliphatic rings. The number of nitrogens with zero attached hydrogens (tertiary/aromatic N) is 2. The lowest BCUT2D eigenvalue weighted by atomic mass is 9.95. The van der Waals surface area contributed by atoms with Crippen LogP contribution in [0.25, 0.3) is 0 Å². The second-order valence-electron chi connectivity index (χ2n) is 9.43. The highest BCUT2D eigenvalue weighted by Gasteiger charge is 2.46. The highest BCUT2D eigenvalue weighted by atomic mass is 16.5. The van der Waals surface area contributed by atoms with Crippen LogP contribution in [0.3, 0.4) is 0 Å². The number of aliphatic imine (C=N–C) groups is 1. The van der Waals surface area contributed by atoms with Crippen LogP contribution in [0.4, 0.5) is 5.69 Å². The third-order valence-corrected chi connectivity index (χ3v) is 5.94. The first kappa shape index (κ1) is 22.1. The number of nitrogens with one attached hydrogen (secondary N) is 2. The van der Waals surface area contributed by atoms with Crippen LogP contribution in [-0.4, -0.2) is 55.0 Å². The monoisotopic (exact) mass is 436 g/mol. The molecule has 0 unspecified atom stereocenters. The summed E-state index contributed by atoms with van der Waals surface area (Å²) in [6.07, 6.45) is 0.774. The van der Waals surface area contributed by atoms with Crippen molar-refractivity contribution in [2.24, 2.45) is 4.99 Å². The highest BCUT2D eigenvalue weighted by Crippen LogP contribution is 2.32. The van der Waals surface area contributed by atoms with Crippen molar-refractivity contribution in [3.8, 4) is 11.5 Å². The summed E-state index contributed by atoms with van der Waals surface area (Å²) < 4.78 is 10.7. The molecule has 170 valence electrons. The molecule has 2 N–H and O–H groups in total. The van der Waals surface area contributed by atoms with Crippen LogP contribution >= 0.6 is 0 Å². The Bertz CT molecular complexity index is 1020. The Hall–Kier alpha value is -3.06.